The van der Waals surface area contributed by atoms with Gasteiger partial charge in [0.25, 0.3) is 11.8 Å². The molecule has 2 amide bonds. The highest BCUT2D eigenvalue weighted by molar-refractivity contribution is 6.09. The first kappa shape index (κ1) is 23.2. The molecule has 0 fully saturated rings. The molecule has 2 heterocycles. The van der Waals surface area contributed by atoms with Crippen LogP contribution in [0.4, 0.5) is 5.69 Å². The van der Waals surface area contributed by atoms with Crippen molar-refractivity contribution >= 4 is 23.2 Å². The number of anilines is 1. The summed E-state index contributed by atoms with van der Waals surface area (Å²) in [4.78, 5) is 29.2. The van der Waals surface area contributed by atoms with E-state index in [-0.39, 0.29) is 17.6 Å². The lowest BCUT2D eigenvalue weighted by atomic mass is 9.93. The lowest BCUT2D eigenvalue weighted by molar-refractivity contribution is 0.0953. The second-order valence-corrected chi connectivity index (χ2v) is 8.12. The zero-order chi connectivity index (χ0) is 23.9. The molecule has 0 aliphatic heterocycles. The summed E-state index contributed by atoms with van der Waals surface area (Å²) in [5, 5.41) is 7.24. The monoisotopic (exact) mass is 460 g/mol. The molecule has 0 saturated heterocycles. The number of nitrogens with one attached hydrogen (secondary N) is 2. The molecule has 0 atom stereocenters. The topological polar surface area (TPSA) is 106 Å². The number of hydrogen-bond donors (Lipinski definition) is 2. The predicted octanol–water partition coefficient (Wildman–Crippen LogP) is 4.88. The first-order valence-corrected chi connectivity index (χ1v) is 11.5. The molecule has 0 saturated carbocycles. The minimum atomic E-state index is -0.327. The first-order valence-electron chi connectivity index (χ1n) is 11.5. The molecular formula is C26H28N4O4. The third-order valence-electron chi connectivity index (χ3n) is 5.65. The van der Waals surface area contributed by atoms with E-state index in [9.17, 15) is 9.59 Å². The summed E-state index contributed by atoms with van der Waals surface area (Å²) < 4.78 is 11.6. The van der Waals surface area contributed by atoms with Crippen LogP contribution in [0.2, 0.25) is 0 Å². The number of benzene rings is 1. The molecule has 2 aromatic heterocycles. The Morgan fingerprint density at radius 1 is 1.09 bits per heavy atom. The number of unbranched alkanes of at least 4 members (excludes halogenated alkanes) is 1. The Labute approximate surface area is 198 Å². The molecular weight excluding hydrogens is 432 g/mol. The summed E-state index contributed by atoms with van der Waals surface area (Å²) in [7, 11) is 0. The van der Waals surface area contributed by atoms with Crippen LogP contribution < -0.4 is 15.5 Å². The van der Waals surface area contributed by atoms with Crippen LogP contribution in [-0.2, 0) is 6.42 Å². The van der Waals surface area contributed by atoms with Gasteiger partial charge in [0.05, 0.1) is 12.3 Å². The summed E-state index contributed by atoms with van der Waals surface area (Å²) in [5.41, 5.74) is 5.95. The van der Waals surface area contributed by atoms with Gasteiger partial charge in [0.1, 0.15) is 11.5 Å². The highest BCUT2D eigenvalue weighted by atomic mass is 16.5. The third kappa shape index (κ3) is 5.33. The van der Waals surface area contributed by atoms with Crippen LogP contribution >= 0.6 is 0 Å². The Kier molecular flexibility index (Phi) is 7.37. The van der Waals surface area contributed by atoms with E-state index in [2.05, 4.69) is 27.8 Å². The number of aryl methyl sites for hydroxylation is 1. The van der Waals surface area contributed by atoms with E-state index in [1.165, 1.54) is 0 Å². The molecule has 0 spiro atoms. The van der Waals surface area contributed by atoms with Gasteiger partial charge in [-0.05, 0) is 62.6 Å². The molecule has 0 bridgehead atoms. The van der Waals surface area contributed by atoms with Gasteiger partial charge in [0.15, 0.2) is 5.76 Å². The number of nitrogens with zero attached hydrogens (tertiary/aromatic N) is 2. The fraction of sp³-hybridized carbons (Fsp3) is 0.308. The Morgan fingerprint density at radius 2 is 1.85 bits per heavy atom. The lowest BCUT2D eigenvalue weighted by Gasteiger charge is -2.13. The van der Waals surface area contributed by atoms with Crippen LogP contribution in [-0.4, -0.2) is 29.1 Å². The maximum Gasteiger partial charge on any atom is 0.291 e. The number of furan rings is 1. The van der Waals surface area contributed by atoms with E-state index in [0.29, 0.717) is 47.7 Å². The normalized spacial score (nSPS) is 13.9. The van der Waals surface area contributed by atoms with Crippen LogP contribution in [0.5, 0.6) is 5.75 Å². The smallest absolute Gasteiger partial charge is 0.291 e. The number of fused-ring (bicyclic) bond motifs is 1. The van der Waals surface area contributed by atoms with E-state index in [0.717, 1.165) is 30.6 Å². The van der Waals surface area contributed by atoms with Gasteiger partial charge < -0.3 is 14.5 Å². The largest absolute Gasteiger partial charge is 0.494 e. The van der Waals surface area contributed by atoms with Crippen LogP contribution in [0, 0.1) is 6.92 Å². The molecule has 0 unspecified atom stereocenters. The summed E-state index contributed by atoms with van der Waals surface area (Å²) in [6.07, 6.45) is 7.40. The van der Waals surface area contributed by atoms with Gasteiger partial charge in [-0.1, -0.05) is 13.3 Å². The van der Waals surface area contributed by atoms with E-state index in [1.54, 1.807) is 36.7 Å². The minimum absolute atomic E-state index is 0.253. The molecule has 1 aliphatic rings. The molecule has 1 aromatic carbocycles. The van der Waals surface area contributed by atoms with Crippen LogP contribution in [0.1, 0.15) is 70.4 Å². The average molecular weight is 461 g/mol. The van der Waals surface area contributed by atoms with E-state index in [1.807, 2.05) is 19.1 Å². The third-order valence-corrected chi connectivity index (χ3v) is 5.65. The van der Waals surface area contributed by atoms with Crippen molar-refractivity contribution in [3.05, 3.63) is 77.0 Å². The van der Waals surface area contributed by atoms with Gasteiger partial charge in [0, 0.05) is 41.2 Å². The summed E-state index contributed by atoms with van der Waals surface area (Å²) >= 11 is 0. The molecule has 3 aromatic rings. The number of pyridine rings is 1. The minimum Gasteiger partial charge on any atom is -0.494 e. The number of rotatable bonds is 8. The number of carbonyl (C=O) groups excluding carboxylic acids is 2. The van der Waals surface area contributed by atoms with Crippen molar-refractivity contribution in [2.75, 3.05) is 11.9 Å². The number of carbonyl (C=O) groups is 2. The highest BCUT2D eigenvalue weighted by Gasteiger charge is 2.28. The second-order valence-electron chi connectivity index (χ2n) is 8.12. The van der Waals surface area contributed by atoms with Crippen molar-refractivity contribution in [2.24, 2.45) is 5.10 Å². The second kappa shape index (κ2) is 10.8. The lowest BCUT2D eigenvalue weighted by Crippen LogP contribution is -2.22. The molecule has 8 heteroatoms. The number of amides is 2. The van der Waals surface area contributed by atoms with Gasteiger partial charge in [0.2, 0.25) is 0 Å². The quantitative estimate of drug-likeness (QED) is 0.368. The molecule has 2 N–H and O–H groups in total. The van der Waals surface area contributed by atoms with Gasteiger partial charge in [-0.25, -0.2) is 5.43 Å². The predicted molar refractivity (Wildman–Crippen MR) is 129 cm³/mol. The first-order chi connectivity index (χ1) is 16.6. The van der Waals surface area contributed by atoms with Gasteiger partial charge >= 0.3 is 0 Å². The van der Waals surface area contributed by atoms with E-state index >= 15 is 0 Å². The molecule has 4 rings (SSSR count). The maximum absolute atomic E-state index is 13.0. The van der Waals surface area contributed by atoms with Gasteiger partial charge in [-0.2, -0.15) is 5.10 Å². The summed E-state index contributed by atoms with van der Waals surface area (Å²) in [6, 6.07) is 10.5. The van der Waals surface area contributed by atoms with Crippen molar-refractivity contribution in [1.82, 2.24) is 10.4 Å². The van der Waals surface area contributed by atoms with Gasteiger partial charge in [-0.3, -0.25) is 14.6 Å². The number of ether oxygens (including phenoxy) is 1. The van der Waals surface area contributed by atoms with Crippen molar-refractivity contribution in [2.45, 2.75) is 46.0 Å². The van der Waals surface area contributed by atoms with Crippen LogP contribution in [0.3, 0.4) is 0 Å². The average Bonchev–Trinajstić information content (AvgIpc) is 3.21. The van der Waals surface area contributed by atoms with Crippen molar-refractivity contribution < 1.29 is 18.7 Å². The van der Waals surface area contributed by atoms with Crippen LogP contribution in [0.25, 0.3) is 0 Å². The van der Waals surface area contributed by atoms with E-state index < -0.39 is 0 Å². The number of hydrogen-bond acceptors (Lipinski definition) is 6. The molecule has 34 heavy (non-hydrogen) atoms. The molecule has 8 nitrogen and oxygen atoms in total. The Morgan fingerprint density at radius 3 is 2.59 bits per heavy atom. The van der Waals surface area contributed by atoms with Crippen molar-refractivity contribution in [3.63, 3.8) is 0 Å². The van der Waals surface area contributed by atoms with Crippen molar-refractivity contribution in [3.8, 4) is 5.75 Å². The van der Waals surface area contributed by atoms with Crippen LogP contribution in [0.15, 0.2) is 58.3 Å². The molecule has 0 radical (unpaired) electrons. The summed E-state index contributed by atoms with van der Waals surface area (Å²) in [5.74, 6) is 1.09. The molecule has 1 aliphatic carbocycles. The SMILES string of the molecule is CCCCOc1ccc(NC(=O)c2oc3c(c2C)/C(=N/NC(=O)c2ccncc2)CCC3)cc1. The van der Waals surface area contributed by atoms with Crippen molar-refractivity contribution in [1.29, 1.82) is 0 Å². The zero-order valence-electron chi connectivity index (χ0n) is 19.4. The zero-order valence-corrected chi connectivity index (χ0v) is 19.4. The fourth-order valence-corrected chi connectivity index (χ4v) is 3.84. The standard InChI is InChI=1S/C26H28N4O4/c1-3-4-16-33-20-10-8-19(9-11-20)28-26(32)24-17(2)23-21(6-5-7-22(23)34-24)29-30-25(31)18-12-14-27-15-13-18/h8-15H,3-7,16H2,1-2H3,(H,28,32)(H,30,31)/b29-21+. The Hall–Kier alpha value is -3.94. The fourth-order valence-electron chi connectivity index (χ4n) is 3.84. The Balaban J connectivity index is 1.47. The molecule has 176 valence electrons. The van der Waals surface area contributed by atoms with Gasteiger partial charge in [-0.15, -0.1) is 0 Å². The van der Waals surface area contributed by atoms with E-state index in [4.69, 9.17) is 9.15 Å². The Bertz CT molecular complexity index is 1180. The highest BCUT2D eigenvalue weighted by Crippen LogP contribution is 2.30. The number of hydrazone groups is 1. The number of aromatic nitrogens is 1. The maximum atomic E-state index is 13.0. The summed E-state index contributed by atoms with van der Waals surface area (Å²) in [6.45, 7) is 4.63.